The van der Waals surface area contributed by atoms with E-state index in [1.165, 1.54) is 6.08 Å². The molecule has 1 N–H and O–H groups in total. The Morgan fingerprint density at radius 1 is 1.03 bits per heavy atom. The van der Waals surface area contributed by atoms with Gasteiger partial charge in [0.2, 0.25) is 0 Å². The average Bonchev–Trinajstić information content (AvgIpc) is 2.68. The van der Waals surface area contributed by atoms with Gasteiger partial charge in [0.1, 0.15) is 12.5 Å². The van der Waals surface area contributed by atoms with Crippen LogP contribution in [-0.4, -0.2) is 31.4 Å². The minimum atomic E-state index is -5.81. The molecule has 0 bridgehead atoms. The van der Waals surface area contributed by atoms with Crippen molar-refractivity contribution in [1.29, 1.82) is 0 Å². The van der Waals surface area contributed by atoms with Gasteiger partial charge in [-0.05, 0) is 42.9 Å². The van der Waals surface area contributed by atoms with Crippen LogP contribution in [0.15, 0.2) is 18.2 Å². The standard InChI is InChI=1S/C22H28F6O3/c1-3-7-16-12-18(20(21(23,24)25,22(26,27)28)31-14-30-2)13-17(19(16)29)11-10-15-8-5-4-6-9-15/h10-13,15,29H,3-9,14H2,1-2H3. The van der Waals surface area contributed by atoms with Crippen LogP contribution in [-0.2, 0) is 21.5 Å². The monoisotopic (exact) mass is 454 g/mol. The van der Waals surface area contributed by atoms with Crippen LogP contribution in [0.4, 0.5) is 26.3 Å². The highest BCUT2D eigenvalue weighted by Crippen LogP contribution is 2.54. The lowest BCUT2D eigenvalue weighted by atomic mass is 9.86. The van der Waals surface area contributed by atoms with Gasteiger partial charge in [-0.25, -0.2) is 0 Å². The van der Waals surface area contributed by atoms with Crippen molar-refractivity contribution in [2.75, 3.05) is 13.9 Å². The highest BCUT2D eigenvalue weighted by Gasteiger charge is 2.73. The van der Waals surface area contributed by atoms with Crippen LogP contribution in [0.1, 0.15) is 62.1 Å². The third kappa shape index (κ3) is 5.55. The van der Waals surface area contributed by atoms with Crippen LogP contribution in [0, 0.1) is 5.92 Å². The summed E-state index contributed by atoms with van der Waals surface area (Å²) in [4.78, 5) is 0. The topological polar surface area (TPSA) is 38.7 Å². The molecule has 0 heterocycles. The molecule has 176 valence electrons. The number of methoxy groups -OCH3 is 1. The van der Waals surface area contributed by atoms with Crippen LogP contribution >= 0.6 is 0 Å². The van der Waals surface area contributed by atoms with Gasteiger partial charge >= 0.3 is 12.4 Å². The van der Waals surface area contributed by atoms with E-state index in [0.29, 0.717) is 12.5 Å². The minimum absolute atomic E-state index is 0.00202. The summed E-state index contributed by atoms with van der Waals surface area (Å²) >= 11 is 0. The molecule has 1 fully saturated rings. The van der Waals surface area contributed by atoms with Gasteiger partial charge in [-0.3, -0.25) is 0 Å². The molecule has 0 radical (unpaired) electrons. The molecule has 0 unspecified atom stereocenters. The normalized spacial score (nSPS) is 16.9. The zero-order chi connectivity index (χ0) is 23.3. The van der Waals surface area contributed by atoms with E-state index in [1.54, 1.807) is 13.0 Å². The molecular weight excluding hydrogens is 426 g/mol. The van der Waals surface area contributed by atoms with Gasteiger partial charge in [0, 0.05) is 18.2 Å². The lowest BCUT2D eigenvalue weighted by molar-refractivity contribution is -0.400. The van der Waals surface area contributed by atoms with E-state index in [4.69, 9.17) is 0 Å². The molecule has 1 saturated carbocycles. The fourth-order valence-electron chi connectivity index (χ4n) is 3.96. The molecule has 2 rings (SSSR count). The molecule has 1 aromatic carbocycles. The van der Waals surface area contributed by atoms with E-state index in [0.717, 1.165) is 45.3 Å². The summed E-state index contributed by atoms with van der Waals surface area (Å²) in [7, 11) is 0.940. The summed E-state index contributed by atoms with van der Waals surface area (Å²) in [6, 6.07) is 1.44. The van der Waals surface area contributed by atoms with Crippen molar-refractivity contribution >= 4 is 6.08 Å². The van der Waals surface area contributed by atoms with E-state index in [-0.39, 0.29) is 29.2 Å². The van der Waals surface area contributed by atoms with Crippen molar-refractivity contribution in [2.45, 2.75) is 69.8 Å². The summed E-state index contributed by atoms with van der Waals surface area (Å²) < 4.78 is 92.3. The first-order valence-corrected chi connectivity index (χ1v) is 10.3. The number of phenols is 1. The highest BCUT2D eigenvalue weighted by molar-refractivity contribution is 5.62. The molecule has 0 atom stereocenters. The average molecular weight is 454 g/mol. The number of phenolic OH excluding ortho intramolecular Hbond substituents is 1. The number of ether oxygens (including phenoxy) is 2. The molecule has 0 spiro atoms. The molecule has 31 heavy (non-hydrogen) atoms. The van der Waals surface area contributed by atoms with E-state index in [2.05, 4.69) is 9.47 Å². The number of halogens is 6. The van der Waals surface area contributed by atoms with Gasteiger partial charge in [0.05, 0.1) is 0 Å². The molecule has 1 aromatic rings. The highest BCUT2D eigenvalue weighted by atomic mass is 19.4. The van der Waals surface area contributed by atoms with Crippen LogP contribution in [0.25, 0.3) is 6.08 Å². The van der Waals surface area contributed by atoms with Gasteiger partial charge in [0.25, 0.3) is 5.60 Å². The zero-order valence-corrected chi connectivity index (χ0v) is 17.6. The second kappa shape index (κ2) is 10.3. The molecule has 3 nitrogen and oxygen atoms in total. The maximum absolute atomic E-state index is 13.9. The van der Waals surface area contributed by atoms with E-state index < -0.39 is 30.3 Å². The van der Waals surface area contributed by atoms with Gasteiger partial charge < -0.3 is 14.6 Å². The zero-order valence-electron chi connectivity index (χ0n) is 17.6. The Bertz CT molecular complexity index is 735. The van der Waals surface area contributed by atoms with Gasteiger partial charge in [-0.1, -0.05) is 44.8 Å². The molecule has 1 aliphatic carbocycles. The minimum Gasteiger partial charge on any atom is -0.507 e. The Hall–Kier alpha value is -1.74. The molecule has 1 aliphatic rings. The lowest BCUT2D eigenvalue weighted by Gasteiger charge is -2.37. The fourth-order valence-corrected chi connectivity index (χ4v) is 3.96. The van der Waals surface area contributed by atoms with Crippen LogP contribution in [0.5, 0.6) is 5.75 Å². The Morgan fingerprint density at radius 3 is 2.16 bits per heavy atom. The predicted molar refractivity (Wildman–Crippen MR) is 104 cm³/mol. The lowest BCUT2D eigenvalue weighted by Crippen LogP contribution is -2.56. The molecule has 0 aliphatic heterocycles. The van der Waals surface area contributed by atoms with Crippen LogP contribution < -0.4 is 0 Å². The predicted octanol–water partition coefficient (Wildman–Crippen LogP) is 6.88. The van der Waals surface area contributed by atoms with Crippen molar-refractivity contribution in [3.8, 4) is 5.75 Å². The first-order chi connectivity index (χ1) is 14.5. The van der Waals surface area contributed by atoms with Crippen LogP contribution in [0.3, 0.4) is 0 Å². The smallest absolute Gasteiger partial charge is 0.430 e. The number of hydrogen-bond acceptors (Lipinski definition) is 3. The Labute approximate surface area is 178 Å². The quantitative estimate of drug-likeness (QED) is 0.344. The van der Waals surface area contributed by atoms with E-state index >= 15 is 0 Å². The number of benzene rings is 1. The second-order valence-electron chi connectivity index (χ2n) is 7.81. The molecule has 0 saturated heterocycles. The number of rotatable bonds is 8. The van der Waals surface area contributed by atoms with Gasteiger partial charge in [-0.2, -0.15) is 26.3 Å². The van der Waals surface area contributed by atoms with Gasteiger partial charge in [-0.15, -0.1) is 0 Å². The largest absolute Gasteiger partial charge is 0.507 e. The number of aryl methyl sites for hydroxylation is 1. The van der Waals surface area contributed by atoms with Crippen molar-refractivity contribution in [3.05, 3.63) is 34.9 Å². The Morgan fingerprint density at radius 2 is 1.65 bits per heavy atom. The number of allylic oxidation sites excluding steroid dienone is 1. The number of alkyl halides is 6. The summed E-state index contributed by atoms with van der Waals surface area (Å²) in [5.41, 5.74) is -5.80. The maximum Gasteiger partial charge on any atom is 0.430 e. The summed E-state index contributed by atoms with van der Waals surface area (Å²) in [5.74, 6) is -0.145. The summed E-state index contributed by atoms with van der Waals surface area (Å²) in [6.07, 6.45) is -3.00. The molecule has 9 heteroatoms. The molecule has 0 aromatic heterocycles. The Balaban J connectivity index is 2.67. The summed E-state index contributed by atoms with van der Waals surface area (Å²) in [6.45, 7) is 0.502. The van der Waals surface area contributed by atoms with Gasteiger partial charge in [0.15, 0.2) is 0 Å². The second-order valence-corrected chi connectivity index (χ2v) is 7.81. The van der Waals surface area contributed by atoms with Crippen LogP contribution in [0.2, 0.25) is 0 Å². The molecular formula is C22H28F6O3. The SMILES string of the molecule is CCCc1cc(C(OCOC)(C(F)(F)F)C(F)(F)F)cc(C=CC2CCCCC2)c1O. The molecule has 0 amide bonds. The van der Waals surface area contributed by atoms with Crippen molar-refractivity contribution in [1.82, 2.24) is 0 Å². The third-order valence-corrected chi connectivity index (χ3v) is 5.53. The number of hydrogen-bond donors (Lipinski definition) is 1. The van der Waals surface area contributed by atoms with E-state index in [1.807, 2.05) is 0 Å². The van der Waals surface area contributed by atoms with Crippen molar-refractivity contribution in [2.24, 2.45) is 5.92 Å². The van der Waals surface area contributed by atoms with Crippen molar-refractivity contribution in [3.63, 3.8) is 0 Å². The van der Waals surface area contributed by atoms with E-state index in [9.17, 15) is 31.4 Å². The third-order valence-electron chi connectivity index (χ3n) is 5.53. The first kappa shape index (κ1) is 25.5. The maximum atomic E-state index is 13.9. The Kier molecular flexibility index (Phi) is 8.44. The van der Waals surface area contributed by atoms with Crippen molar-refractivity contribution < 1.29 is 40.9 Å². The number of aromatic hydroxyl groups is 1. The first-order valence-electron chi connectivity index (χ1n) is 10.3. The fraction of sp³-hybridized carbons (Fsp3) is 0.636. The summed E-state index contributed by atoms with van der Waals surface area (Å²) in [5, 5.41) is 10.5.